The predicted octanol–water partition coefficient (Wildman–Crippen LogP) is 5.12. The number of fused-ring (bicyclic) bond motifs is 1. The Hall–Kier alpha value is -3.30. The number of aryl methyl sites for hydroxylation is 4. The average molecular weight is 541 g/mol. The summed E-state index contributed by atoms with van der Waals surface area (Å²) in [5.74, 6) is 2.36. The van der Waals surface area contributed by atoms with Crippen LogP contribution in [0.5, 0.6) is 11.5 Å². The highest BCUT2D eigenvalue weighted by Gasteiger charge is 2.32. The highest BCUT2D eigenvalue weighted by molar-refractivity contribution is 7.89. The summed E-state index contributed by atoms with van der Waals surface area (Å²) in [7, 11) is -3.93. The topological polar surface area (TPSA) is 89.3 Å². The number of amides is 1. The maximum absolute atomic E-state index is 13.9. The molecule has 1 aromatic heterocycles. The lowest BCUT2D eigenvalue weighted by molar-refractivity contribution is -0.133. The summed E-state index contributed by atoms with van der Waals surface area (Å²) >= 11 is 0. The van der Waals surface area contributed by atoms with Gasteiger partial charge in [-0.15, -0.1) is 0 Å². The van der Waals surface area contributed by atoms with Crippen LogP contribution in [0.25, 0.3) is 0 Å². The van der Waals surface area contributed by atoms with E-state index in [9.17, 15) is 13.2 Å². The molecule has 0 radical (unpaired) electrons. The van der Waals surface area contributed by atoms with Gasteiger partial charge in [0.25, 0.3) is 0 Å². The summed E-state index contributed by atoms with van der Waals surface area (Å²) in [5, 5.41) is 0. The molecule has 0 fully saturated rings. The lowest BCUT2D eigenvalue weighted by Crippen LogP contribution is -2.44. The molecule has 0 saturated heterocycles. The Labute approximate surface area is 225 Å². The van der Waals surface area contributed by atoms with E-state index in [0.717, 1.165) is 16.9 Å². The van der Waals surface area contributed by atoms with E-state index in [0.29, 0.717) is 28.4 Å². The molecule has 0 N–H and O–H groups in total. The Kier molecular flexibility index (Phi) is 8.18. The van der Waals surface area contributed by atoms with Crippen molar-refractivity contribution in [3.05, 3.63) is 76.2 Å². The molecule has 8 nitrogen and oxygen atoms in total. The van der Waals surface area contributed by atoms with Crippen molar-refractivity contribution in [1.82, 2.24) is 9.21 Å². The molecule has 0 unspecified atom stereocenters. The minimum absolute atomic E-state index is 0.0265. The summed E-state index contributed by atoms with van der Waals surface area (Å²) < 4.78 is 45.8. The van der Waals surface area contributed by atoms with Crippen molar-refractivity contribution in [2.75, 3.05) is 19.9 Å². The number of nitrogens with zero attached hydrogens (tertiary/aromatic N) is 2. The SMILES string of the molecule is Cc1cc(C)c(S(=O)(=O)N(CC(=O)N(Cc2ccc3c(c2)OCO3)Cc2ccc(C)o2)CC(C)C)c(C)c1. The van der Waals surface area contributed by atoms with Crippen LogP contribution in [0, 0.1) is 33.6 Å². The van der Waals surface area contributed by atoms with Gasteiger partial charge in [-0.1, -0.05) is 37.6 Å². The molecule has 2 heterocycles. The zero-order valence-electron chi connectivity index (χ0n) is 22.9. The van der Waals surface area contributed by atoms with Gasteiger partial charge >= 0.3 is 0 Å². The van der Waals surface area contributed by atoms with Gasteiger partial charge in [0.05, 0.1) is 18.0 Å². The molecule has 3 aromatic rings. The first-order valence-corrected chi connectivity index (χ1v) is 14.2. The zero-order chi connectivity index (χ0) is 27.6. The first-order valence-electron chi connectivity index (χ1n) is 12.7. The van der Waals surface area contributed by atoms with Crippen LogP contribution in [0.2, 0.25) is 0 Å². The van der Waals surface area contributed by atoms with Crippen molar-refractivity contribution >= 4 is 15.9 Å². The normalized spacial score (nSPS) is 12.9. The van der Waals surface area contributed by atoms with Crippen molar-refractivity contribution in [2.24, 2.45) is 5.92 Å². The third-order valence-electron chi connectivity index (χ3n) is 6.39. The van der Waals surface area contributed by atoms with Crippen LogP contribution in [0.3, 0.4) is 0 Å². The van der Waals surface area contributed by atoms with Gasteiger partial charge in [0.2, 0.25) is 22.7 Å². The highest BCUT2D eigenvalue weighted by Crippen LogP contribution is 2.33. The number of hydrogen-bond acceptors (Lipinski definition) is 6. The van der Waals surface area contributed by atoms with Gasteiger partial charge in [0.1, 0.15) is 11.5 Å². The van der Waals surface area contributed by atoms with E-state index in [4.69, 9.17) is 13.9 Å². The predicted molar refractivity (Wildman–Crippen MR) is 145 cm³/mol. The van der Waals surface area contributed by atoms with Crippen LogP contribution in [0.15, 0.2) is 51.8 Å². The van der Waals surface area contributed by atoms with Gasteiger partial charge in [0.15, 0.2) is 11.5 Å². The molecule has 204 valence electrons. The number of sulfonamides is 1. The second-order valence-electron chi connectivity index (χ2n) is 10.4. The summed E-state index contributed by atoms with van der Waals surface area (Å²) in [6.07, 6.45) is 0. The van der Waals surface area contributed by atoms with Gasteiger partial charge < -0.3 is 18.8 Å². The minimum Gasteiger partial charge on any atom is -0.464 e. The number of rotatable bonds is 10. The number of hydrogen-bond donors (Lipinski definition) is 0. The molecule has 38 heavy (non-hydrogen) atoms. The molecule has 1 aliphatic heterocycles. The molecule has 2 aromatic carbocycles. The average Bonchev–Trinajstić information content (AvgIpc) is 3.45. The number of ether oxygens (including phenoxy) is 2. The summed E-state index contributed by atoms with van der Waals surface area (Å²) in [4.78, 5) is 15.7. The highest BCUT2D eigenvalue weighted by atomic mass is 32.2. The van der Waals surface area contributed by atoms with Crippen LogP contribution in [-0.2, 0) is 27.9 Å². The van der Waals surface area contributed by atoms with E-state index in [2.05, 4.69) is 0 Å². The monoisotopic (exact) mass is 540 g/mol. The number of carbonyl (C=O) groups is 1. The fourth-order valence-corrected chi connectivity index (χ4v) is 6.82. The standard InChI is InChI=1S/C29H36N2O6S/c1-19(2)14-31(38(33,34)29-21(4)11-20(3)12-22(29)5)17-28(32)30(16-25-9-7-23(6)37-25)15-24-8-10-26-27(13-24)36-18-35-26/h7-13,19H,14-18H2,1-6H3. The van der Waals surface area contributed by atoms with E-state index >= 15 is 0 Å². The molecule has 0 aliphatic carbocycles. The third-order valence-corrected chi connectivity index (χ3v) is 8.51. The van der Waals surface area contributed by atoms with Gasteiger partial charge in [0, 0.05) is 13.1 Å². The Balaban J connectivity index is 1.65. The summed E-state index contributed by atoms with van der Waals surface area (Å²) in [5.41, 5.74) is 3.18. The molecule has 0 saturated carbocycles. The maximum Gasteiger partial charge on any atom is 0.244 e. The van der Waals surface area contributed by atoms with Crippen molar-refractivity contribution in [3.63, 3.8) is 0 Å². The minimum atomic E-state index is -3.93. The van der Waals surface area contributed by atoms with Crippen molar-refractivity contribution in [1.29, 1.82) is 0 Å². The zero-order valence-corrected chi connectivity index (χ0v) is 23.7. The number of furan rings is 1. The van der Waals surface area contributed by atoms with Gasteiger partial charge in [-0.05, 0) is 74.6 Å². The fraction of sp³-hybridized carbons (Fsp3) is 0.414. The van der Waals surface area contributed by atoms with Crippen LogP contribution < -0.4 is 9.47 Å². The number of benzene rings is 2. The molecule has 0 bridgehead atoms. The van der Waals surface area contributed by atoms with E-state index in [1.54, 1.807) is 18.7 Å². The van der Waals surface area contributed by atoms with E-state index in [-0.39, 0.29) is 49.7 Å². The van der Waals surface area contributed by atoms with E-state index in [1.165, 1.54) is 4.31 Å². The molecular formula is C29H36N2O6S. The van der Waals surface area contributed by atoms with Gasteiger partial charge in [-0.3, -0.25) is 4.79 Å². The summed E-state index contributed by atoms with van der Waals surface area (Å²) in [6.45, 7) is 11.8. The molecule has 0 spiro atoms. The van der Waals surface area contributed by atoms with Crippen molar-refractivity contribution in [3.8, 4) is 11.5 Å². The van der Waals surface area contributed by atoms with E-state index in [1.807, 2.05) is 70.2 Å². The maximum atomic E-state index is 13.9. The van der Waals surface area contributed by atoms with Crippen LogP contribution >= 0.6 is 0 Å². The first-order chi connectivity index (χ1) is 17.9. The van der Waals surface area contributed by atoms with Crippen LogP contribution in [0.1, 0.15) is 47.6 Å². The van der Waals surface area contributed by atoms with Crippen molar-refractivity contribution < 1.29 is 27.1 Å². The third kappa shape index (κ3) is 6.22. The second kappa shape index (κ2) is 11.2. The molecule has 1 amide bonds. The molecule has 1 aliphatic rings. The number of carbonyl (C=O) groups excluding carboxylic acids is 1. The van der Waals surface area contributed by atoms with Crippen LogP contribution in [0.4, 0.5) is 0 Å². The summed E-state index contributed by atoms with van der Waals surface area (Å²) in [6, 6.07) is 12.9. The lowest BCUT2D eigenvalue weighted by atomic mass is 10.1. The smallest absolute Gasteiger partial charge is 0.244 e. The van der Waals surface area contributed by atoms with Gasteiger partial charge in [-0.25, -0.2) is 8.42 Å². The Morgan fingerprint density at radius 2 is 1.61 bits per heavy atom. The van der Waals surface area contributed by atoms with E-state index < -0.39 is 10.0 Å². The lowest BCUT2D eigenvalue weighted by Gasteiger charge is -2.29. The fourth-order valence-electron chi connectivity index (χ4n) is 4.86. The quantitative estimate of drug-likeness (QED) is 0.355. The molecule has 9 heteroatoms. The first kappa shape index (κ1) is 27.7. The molecule has 4 rings (SSSR count). The van der Waals surface area contributed by atoms with Crippen molar-refractivity contribution in [2.45, 2.75) is 59.5 Å². The van der Waals surface area contributed by atoms with Crippen LogP contribution in [-0.4, -0.2) is 43.4 Å². The Morgan fingerprint density at radius 3 is 2.24 bits per heavy atom. The second-order valence-corrected chi connectivity index (χ2v) is 12.2. The Morgan fingerprint density at radius 1 is 0.921 bits per heavy atom. The Bertz CT molecular complexity index is 1400. The van der Waals surface area contributed by atoms with Gasteiger partial charge in [-0.2, -0.15) is 4.31 Å². The molecular weight excluding hydrogens is 504 g/mol. The largest absolute Gasteiger partial charge is 0.464 e. The molecule has 0 atom stereocenters.